The second-order valence-electron chi connectivity index (χ2n) is 1.30. The largest absolute Gasteiger partial charge is 0.305 e. The molecule has 50 valence electrons. The van der Waals surface area contributed by atoms with E-state index in [0.717, 1.165) is 5.75 Å². The molecule has 0 spiro atoms. The molecule has 0 rings (SSSR count). The molecule has 0 radical (unpaired) electrons. The Kier molecular flexibility index (Phi) is 4.60. The maximum atomic E-state index is 10.2. The fourth-order valence-electron chi connectivity index (χ4n) is 0.293. The minimum atomic E-state index is -1.65. The van der Waals surface area contributed by atoms with Crippen LogP contribution in [0.1, 0.15) is 13.8 Å². The van der Waals surface area contributed by atoms with E-state index in [1.54, 1.807) is 6.92 Å². The summed E-state index contributed by atoms with van der Waals surface area (Å²) in [6.07, 6.45) is 0. The number of rotatable bonds is 3. The van der Waals surface area contributed by atoms with E-state index >= 15 is 0 Å². The molecule has 0 aliphatic rings. The van der Waals surface area contributed by atoms with Crippen molar-refractivity contribution >= 4 is 22.8 Å². The first-order valence-corrected chi connectivity index (χ1v) is 4.61. The molecule has 0 aromatic rings. The maximum absolute atomic E-state index is 10.2. The fourth-order valence-corrected chi connectivity index (χ4v) is 1.64. The Morgan fingerprint density at radius 2 is 2.38 bits per heavy atom. The average molecular weight is 154 g/mol. The standard InChI is InChI=1S/C4H10O2S2/c1-3-7-4(2)8(5)6/h4H,3H2,1-2H3,(H,5,6). The quantitative estimate of drug-likeness (QED) is 0.623. The summed E-state index contributed by atoms with van der Waals surface area (Å²) in [6.45, 7) is 3.71. The molecule has 0 heterocycles. The molecule has 4 heteroatoms. The monoisotopic (exact) mass is 154 g/mol. The highest BCUT2D eigenvalue weighted by atomic mass is 32.2. The van der Waals surface area contributed by atoms with Gasteiger partial charge in [-0.3, -0.25) is 0 Å². The Bertz CT molecular complexity index is 84.1. The lowest BCUT2D eigenvalue weighted by Gasteiger charge is -2.01. The summed E-state index contributed by atoms with van der Waals surface area (Å²) >= 11 is -0.158. The van der Waals surface area contributed by atoms with Crippen LogP contribution in [-0.2, 0) is 11.1 Å². The third-order valence-electron chi connectivity index (χ3n) is 0.685. The van der Waals surface area contributed by atoms with Gasteiger partial charge in [-0.15, -0.1) is 11.8 Å². The fraction of sp³-hybridized carbons (Fsp3) is 1.00. The lowest BCUT2D eigenvalue weighted by Crippen LogP contribution is -2.03. The average Bonchev–Trinajstić information content (AvgIpc) is 1.67. The molecule has 0 amide bonds. The van der Waals surface area contributed by atoms with Crippen LogP contribution in [0.15, 0.2) is 0 Å². The summed E-state index contributed by atoms with van der Waals surface area (Å²) in [5.41, 5.74) is 0. The SMILES string of the molecule is CCSC(C)S(=O)O. The Balaban J connectivity index is 3.32. The van der Waals surface area contributed by atoms with E-state index in [2.05, 4.69) is 0 Å². The molecule has 0 bridgehead atoms. The van der Waals surface area contributed by atoms with Crippen LogP contribution in [0.5, 0.6) is 0 Å². The predicted octanol–water partition coefficient (Wildman–Crippen LogP) is 1.31. The van der Waals surface area contributed by atoms with Gasteiger partial charge in [0.05, 0.1) is 0 Å². The summed E-state index contributed by atoms with van der Waals surface area (Å²) in [6, 6.07) is 0. The van der Waals surface area contributed by atoms with Crippen molar-refractivity contribution in [1.82, 2.24) is 0 Å². The van der Waals surface area contributed by atoms with Crippen molar-refractivity contribution in [1.29, 1.82) is 0 Å². The van der Waals surface area contributed by atoms with E-state index in [0.29, 0.717) is 0 Å². The van der Waals surface area contributed by atoms with Gasteiger partial charge < -0.3 is 4.55 Å². The molecule has 0 fully saturated rings. The van der Waals surface area contributed by atoms with Crippen LogP contribution in [0.2, 0.25) is 0 Å². The smallest absolute Gasteiger partial charge is 0.166 e. The molecule has 0 saturated heterocycles. The summed E-state index contributed by atoms with van der Waals surface area (Å²) in [5, 5.41) is 0. The summed E-state index contributed by atoms with van der Waals surface area (Å²) in [5.74, 6) is 0.896. The van der Waals surface area contributed by atoms with Gasteiger partial charge in [0.2, 0.25) is 0 Å². The van der Waals surface area contributed by atoms with E-state index in [4.69, 9.17) is 4.55 Å². The van der Waals surface area contributed by atoms with Crippen molar-refractivity contribution in [2.45, 2.75) is 18.4 Å². The Labute approximate surface area is 56.3 Å². The summed E-state index contributed by atoms with van der Waals surface area (Å²) in [4.78, 5) is 0. The molecular formula is C4H10O2S2. The van der Waals surface area contributed by atoms with Gasteiger partial charge in [0.1, 0.15) is 4.58 Å². The molecule has 8 heavy (non-hydrogen) atoms. The number of hydrogen-bond acceptors (Lipinski definition) is 2. The highest BCUT2D eigenvalue weighted by Gasteiger charge is 2.05. The highest BCUT2D eigenvalue weighted by Crippen LogP contribution is 2.10. The molecule has 0 aliphatic heterocycles. The van der Waals surface area contributed by atoms with Crippen LogP contribution in [0.4, 0.5) is 0 Å². The Morgan fingerprint density at radius 1 is 1.88 bits per heavy atom. The van der Waals surface area contributed by atoms with Crippen molar-refractivity contribution in [3.8, 4) is 0 Å². The van der Waals surface area contributed by atoms with Crippen LogP contribution >= 0.6 is 11.8 Å². The minimum Gasteiger partial charge on any atom is -0.305 e. The van der Waals surface area contributed by atoms with Gasteiger partial charge in [-0.1, -0.05) is 6.92 Å². The number of hydrogen-bond donors (Lipinski definition) is 1. The summed E-state index contributed by atoms with van der Waals surface area (Å²) < 4.78 is 18.4. The van der Waals surface area contributed by atoms with Crippen molar-refractivity contribution in [3.63, 3.8) is 0 Å². The van der Waals surface area contributed by atoms with E-state index in [1.165, 1.54) is 11.8 Å². The molecule has 0 aromatic heterocycles. The van der Waals surface area contributed by atoms with Gasteiger partial charge in [-0.2, -0.15) is 0 Å². The molecule has 1 N–H and O–H groups in total. The van der Waals surface area contributed by atoms with Crippen LogP contribution in [-0.4, -0.2) is 19.1 Å². The van der Waals surface area contributed by atoms with Gasteiger partial charge in [0.25, 0.3) is 0 Å². The molecular weight excluding hydrogens is 144 g/mol. The Hall–Kier alpha value is 0.460. The van der Waals surface area contributed by atoms with Gasteiger partial charge in [-0.25, -0.2) is 4.21 Å². The van der Waals surface area contributed by atoms with Gasteiger partial charge in [0.15, 0.2) is 11.1 Å². The van der Waals surface area contributed by atoms with E-state index in [1.807, 2.05) is 6.92 Å². The molecule has 2 unspecified atom stereocenters. The van der Waals surface area contributed by atoms with Gasteiger partial charge >= 0.3 is 0 Å². The first-order chi connectivity index (χ1) is 3.68. The highest BCUT2D eigenvalue weighted by molar-refractivity contribution is 8.09. The molecule has 0 aromatic carbocycles. The van der Waals surface area contributed by atoms with Crippen LogP contribution in [0, 0.1) is 0 Å². The van der Waals surface area contributed by atoms with Crippen LogP contribution < -0.4 is 0 Å². The second-order valence-corrected chi connectivity index (χ2v) is 4.47. The van der Waals surface area contributed by atoms with E-state index in [-0.39, 0.29) is 4.58 Å². The molecule has 0 aliphatic carbocycles. The molecule has 2 atom stereocenters. The van der Waals surface area contributed by atoms with Crippen molar-refractivity contribution < 1.29 is 8.76 Å². The minimum absolute atomic E-state index is 0.139. The normalized spacial score (nSPS) is 17.9. The third kappa shape index (κ3) is 3.46. The first kappa shape index (κ1) is 8.46. The van der Waals surface area contributed by atoms with Gasteiger partial charge in [0, 0.05) is 0 Å². The zero-order valence-corrected chi connectivity index (χ0v) is 6.59. The van der Waals surface area contributed by atoms with Crippen molar-refractivity contribution in [2.75, 3.05) is 5.75 Å². The topological polar surface area (TPSA) is 37.3 Å². The molecule has 2 nitrogen and oxygen atoms in total. The van der Waals surface area contributed by atoms with E-state index < -0.39 is 11.1 Å². The number of thioether (sulfide) groups is 1. The Morgan fingerprint density at radius 3 is 2.50 bits per heavy atom. The van der Waals surface area contributed by atoms with Crippen LogP contribution in [0.3, 0.4) is 0 Å². The van der Waals surface area contributed by atoms with Gasteiger partial charge in [-0.05, 0) is 12.7 Å². The van der Waals surface area contributed by atoms with Crippen LogP contribution in [0.25, 0.3) is 0 Å². The lowest BCUT2D eigenvalue weighted by atomic mass is 10.9. The summed E-state index contributed by atoms with van der Waals surface area (Å²) in [7, 11) is 0. The van der Waals surface area contributed by atoms with Crippen molar-refractivity contribution in [2.24, 2.45) is 0 Å². The van der Waals surface area contributed by atoms with E-state index in [9.17, 15) is 4.21 Å². The predicted molar refractivity (Wildman–Crippen MR) is 38.4 cm³/mol. The lowest BCUT2D eigenvalue weighted by molar-refractivity contribution is 0.563. The second kappa shape index (κ2) is 4.35. The third-order valence-corrected chi connectivity index (χ3v) is 2.96. The molecule has 0 saturated carbocycles. The first-order valence-electron chi connectivity index (χ1n) is 2.39. The maximum Gasteiger partial charge on any atom is 0.166 e. The zero-order valence-electron chi connectivity index (χ0n) is 4.96. The van der Waals surface area contributed by atoms with Crippen molar-refractivity contribution in [3.05, 3.63) is 0 Å². The zero-order chi connectivity index (χ0) is 6.57.